The van der Waals surface area contributed by atoms with Crippen molar-refractivity contribution in [1.29, 1.82) is 0 Å². The standard InChI is InChI=1S/C9H16O4P/c1-4-11-9(3,12-5-2)7-6-8-13-14-10/h7-8,14H,4-5H2,1-3H3/q+1. The highest BCUT2D eigenvalue weighted by atomic mass is 31.1. The Bertz CT molecular complexity index is 215. The van der Waals surface area contributed by atoms with Crippen molar-refractivity contribution in [1.82, 2.24) is 0 Å². The lowest BCUT2D eigenvalue weighted by molar-refractivity contribution is -0.186. The molecule has 0 amide bonds. The number of ether oxygens (including phenoxy) is 2. The Balaban J connectivity index is 4.33. The predicted octanol–water partition coefficient (Wildman–Crippen LogP) is 2.40. The third kappa shape index (κ3) is 5.90. The van der Waals surface area contributed by atoms with E-state index in [0.717, 1.165) is 0 Å². The molecular weight excluding hydrogens is 203 g/mol. The molecule has 4 nitrogen and oxygen atoms in total. The largest absolute Gasteiger partial charge is 0.542 e. The molecule has 0 fully saturated rings. The van der Waals surface area contributed by atoms with Gasteiger partial charge in [-0.15, -0.1) is 0 Å². The lowest BCUT2D eigenvalue weighted by atomic mass is 10.3. The summed E-state index contributed by atoms with van der Waals surface area (Å²) in [5.41, 5.74) is 2.68. The van der Waals surface area contributed by atoms with Crippen molar-refractivity contribution in [3.05, 3.63) is 18.1 Å². The zero-order valence-corrected chi connectivity index (χ0v) is 9.70. The first-order valence-corrected chi connectivity index (χ1v) is 5.23. The quantitative estimate of drug-likeness (QED) is 0.285. The molecule has 0 aromatic carbocycles. The third-order valence-electron chi connectivity index (χ3n) is 1.38. The van der Waals surface area contributed by atoms with Gasteiger partial charge >= 0.3 is 8.69 Å². The van der Waals surface area contributed by atoms with Gasteiger partial charge in [0.05, 0.1) is 0 Å². The van der Waals surface area contributed by atoms with Gasteiger partial charge in [-0.2, -0.15) is 0 Å². The van der Waals surface area contributed by atoms with Gasteiger partial charge in [-0.05, 0) is 25.3 Å². The summed E-state index contributed by atoms with van der Waals surface area (Å²) in [6.45, 7) is 6.62. The molecule has 1 atom stereocenters. The molecule has 0 bridgehead atoms. The normalized spacial score (nSPS) is 10.8. The van der Waals surface area contributed by atoms with Crippen LogP contribution < -0.4 is 0 Å². The summed E-state index contributed by atoms with van der Waals surface area (Å²) in [5, 5.41) is 0. The van der Waals surface area contributed by atoms with Crippen LogP contribution in [0.15, 0.2) is 18.1 Å². The van der Waals surface area contributed by atoms with E-state index in [9.17, 15) is 4.57 Å². The van der Waals surface area contributed by atoms with E-state index in [-0.39, 0.29) is 0 Å². The molecular formula is C9H16O4P+. The van der Waals surface area contributed by atoms with Crippen LogP contribution in [0.3, 0.4) is 0 Å². The summed E-state index contributed by atoms with van der Waals surface area (Å²) in [5.74, 6) is -0.796. The van der Waals surface area contributed by atoms with E-state index in [4.69, 9.17) is 9.47 Å². The molecule has 0 aromatic rings. The summed E-state index contributed by atoms with van der Waals surface area (Å²) in [4.78, 5) is 0. The maximum atomic E-state index is 9.96. The molecule has 0 aromatic heterocycles. The van der Waals surface area contributed by atoms with Crippen molar-refractivity contribution >= 4 is 8.69 Å². The van der Waals surface area contributed by atoms with Crippen molar-refractivity contribution < 1.29 is 18.6 Å². The van der Waals surface area contributed by atoms with Crippen molar-refractivity contribution in [2.45, 2.75) is 26.6 Å². The third-order valence-corrected chi connectivity index (χ3v) is 1.60. The van der Waals surface area contributed by atoms with Crippen molar-refractivity contribution in [3.63, 3.8) is 0 Å². The van der Waals surface area contributed by atoms with Crippen molar-refractivity contribution in [2.75, 3.05) is 13.2 Å². The van der Waals surface area contributed by atoms with Crippen LogP contribution in [-0.4, -0.2) is 19.0 Å². The average molecular weight is 219 g/mol. The molecule has 0 aliphatic heterocycles. The van der Waals surface area contributed by atoms with Crippen LogP contribution in [0.25, 0.3) is 0 Å². The fourth-order valence-electron chi connectivity index (χ4n) is 0.942. The van der Waals surface area contributed by atoms with Crippen LogP contribution in [0.4, 0.5) is 0 Å². The second-order valence-electron chi connectivity index (χ2n) is 2.51. The molecule has 80 valence electrons. The van der Waals surface area contributed by atoms with E-state index < -0.39 is 14.5 Å². The second kappa shape index (κ2) is 7.72. The van der Waals surface area contributed by atoms with E-state index in [1.807, 2.05) is 13.8 Å². The van der Waals surface area contributed by atoms with Crippen molar-refractivity contribution in [3.8, 4) is 0 Å². The minimum Gasteiger partial charge on any atom is -0.346 e. The van der Waals surface area contributed by atoms with E-state index in [1.54, 1.807) is 13.0 Å². The van der Waals surface area contributed by atoms with Crippen LogP contribution >= 0.6 is 8.69 Å². The van der Waals surface area contributed by atoms with E-state index in [1.165, 1.54) is 6.26 Å². The van der Waals surface area contributed by atoms with Crippen LogP contribution in [-0.2, 0) is 18.6 Å². The van der Waals surface area contributed by atoms with E-state index in [2.05, 4.69) is 10.3 Å². The number of rotatable bonds is 7. The summed E-state index contributed by atoms with van der Waals surface area (Å²) >= 11 is 0. The zero-order chi connectivity index (χ0) is 10.9. The van der Waals surface area contributed by atoms with Gasteiger partial charge in [0.1, 0.15) is 0 Å². The highest BCUT2D eigenvalue weighted by Gasteiger charge is 2.20. The summed E-state index contributed by atoms with van der Waals surface area (Å²) in [6.07, 6.45) is 2.79. The maximum absolute atomic E-state index is 9.96. The van der Waals surface area contributed by atoms with Gasteiger partial charge in [-0.1, -0.05) is 5.73 Å². The first kappa shape index (κ1) is 13.3. The molecule has 0 aliphatic rings. The molecule has 0 saturated heterocycles. The van der Waals surface area contributed by atoms with Crippen LogP contribution in [0.1, 0.15) is 20.8 Å². The molecule has 0 saturated carbocycles. The monoisotopic (exact) mass is 219 g/mol. The highest BCUT2D eigenvalue weighted by molar-refractivity contribution is 7.17. The van der Waals surface area contributed by atoms with Gasteiger partial charge in [0.15, 0.2) is 12.0 Å². The number of hydrogen-bond donors (Lipinski definition) is 0. The minimum atomic E-state index is -0.817. The molecule has 0 N–H and O–H groups in total. The molecule has 0 radical (unpaired) electrons. The topological polar surface area (TPSA) is 44.8 Å². The zero-order valence-electron chi connectivity index (χ0n) is 8.70. The van der Waals surface area contributed by atoms with Crippen LogP contribution in [0.2, 0.25) is 0 Å². The van der Waals surface area contributed by atoms with Gasteiger partial charge in [0.25, 0.3) is 0 Å². The fraction of sp³-hybridized carbons (Fsp3) is 0.667. The van der Waals surface area contributed by atoms with Gasteiger partial charge in [0, 0.05) is 19.3 Å². The Morgan fingerprint density at radius 3 is 2.36 bits per heavy atom. The summed E-state index contributed by atoms with van der Waals surface area (Å²) < 4.78 is 25.2. The molecule has 14 heavy (non-hydrogen) atoms. The first-order chi connectivity index (χ1) is 6.68. The molecule has 0 rings (SSSR count). The van der Waals surface area contributed by atoms with E-state index in [0.29, 0.717) is 13.2 Å². The Kier molecular flexibility index (Phi) is 7.35. The lowest BCUT2D eigenvalue weighted by Crippen LogP contribution is -2.29. The second-order valence-corrected chi connectivity index (χ2v) is 2.91. The molecule has 0 aliphatic carbocycles. The predicted molar refractivity (Wildman–Crippen MR) is 54.4 cm³/mol. The van der Waals surface area contributed by atoms with E-state index >= 15 is 0 Å². The Morgan fingerprint density at radius 1 is 1.36 bits per heavy atom. The molecule has 1 unspecified atom stereocenters. The summed E-state index contributed by atoms with van der Waals surface area (Å²) in [6, 6.07) is 0. The molecule has 5 heteroatoms. The molecule has 0 spiro atoms. The Labute approximate surface area is 85.8 Å². The summed E-state index contributed by atoms with van der Waals surface area (Å²) in [7, 11) is -0.817. The average Bonchev–Trinajstić information content (AvgIpc) is 2.13. The smallest absolute Gasteiger partial charge is 0.346 e. The van der Waals surface area contributed by atoms with Gasteiger partial charge in [0.2, 0.25) is 0 Å². The first-order valence-electron chi connectivity index (χ1n) is 4.41. The maximum Gasteiger partial charge on any atom is 0.542 e. The van der Waals surface area contributed by atoms with Gasteiger partial charge in [-0.25, -0.2) is 0 Å². The van der Waals surface area contributed by atoms with Gasteiger partial charge in [-0.3, -0.25) is 4.52 Å². The minimum absolute atomic E-state index is 0.541. The van der Waals surface area contributed by atoms with Crippen molar-refractivity contribution in [2.24, 2.45) is 0 Å². The molecule has 0 heterocycles. The van der Waals surface area contributed by atoms with Crippen LogP contribution in [0.5, 0.6) is 0 Å². The SMILES string of the molecule is CCOC(C)(C=C=CO[PH+]=O)OCC. The Morgan fingerprint density at radius 2 is 1.93 bits per heavy atom. The highest BCUT2D eigenvalue weighted by Crippen LogP contribution is 2.13. The number of hydrogen-bond acceptors (Lipinski definition) is 4. The van der Waals surface area contributed by atoms with Gasteiger partial charge < -0.3 is 9.47 Å². The Hall–Kier alpha value is -0.660. The lowest BCUT2D eigenvalue weighted by Gasteiger charge is -2.24. The fourth-order valence-corrected chi connectivity index (χ4v) is 1.06. The van der Waals surface area contributed by atoms with Crippen LogP contribution in [0, 0.1) is 0 Å².